The van der Waals surface area contributed by atoms with Gasteiger partial charge < -0.3 is 14.5 Å². The van der Waals surface area contributed by atoms with Crippen molar-refractivity contribution in [1.29, 1.82) is 0 Å². The molecule has 1 N–H and O–H groups in total. The number of esters is 1. The van der Waals surface area contributed by atoms with Crippen molar-refractivity contribution >= 4 is 16.7 Å². The van der Waals surface area contributed by atoms with Crippen LogP contribution in [0, 0.1) is 6.92 Å². The summed E-state index contributed by atoms with van der Waals surface area (Å²) in [7, 11) is 1.61. The van der Waals surface area contributed by atoms with Crippen LogP contribution in [0.15, 0.2) is 90.0 Å². The minimum Gasteiger partial charge on any atom is -0.497 e. The Morgan fingerprint density at radius 3 is 2.51 bits per heavy atom. The second kappa shape index (κ2) is 9.30. The summed E-state index contributed by atoms with van der Waals surface area (Å²) >= 11 is 0. The summed E-state index contributed by atoms with van der Waals surface area (Å²) in [5, 5.41) is 5.91. The van der Waals surface area contributed by atoms with E-state index >= 15 is 0 Å². The van der Waals surface area contributed by atoms with Crippen LogP contribution < -0.4 is 15.0 Å². The second-order valence-corrected chi connectivity index (χ2v) is 8.16. The number of aromatic amines is 1. The van der Waals surface area contributed by atoms with Gasteiger partial charge in [0.2, 0.25) is 0 Å². The number of pyridine rings is 1. The van der Waals surface area contributed by atoms with Crippen molar-refractivity contribution in [2.24, 2.45) is 0 Å². The molecule has 7 heteroatoms. The topological polar surface area (TPSA) is 86.2 Å². The summed E-state index contributed by atoms with van der Waals surface area (Å²) in [4.78, 5) is 27.8. The molecule has 174 valence electrons. The zero-order valence-electron chi connectivity index (χ0n) is 19.3. The van der Waals surface area contributed by atoms with E-state index in [1.165, 1.54) is 6.20 Å². The van der Waals surface area contributed by atoms with Gasteiger partial charge in [0, 0.05) is 11.6 Å². The van der Waals surface area contributed by atoms with Crippen LogP contribution in [0.1, 0.15) is 27.2 Å². The predicted octanol–water partition coefficient (Wildman–Crippen LogP) is 4.84. The second-order valence-electron chi connectivity index (χ2n) is 8.16. The average Bonchev–Trinajstić information content (AvgIpc) is 3.27. The van der Waals surface area contributed by atoms with Crippen LogP contribution in [0.4, 0.5) is 0 Å². The van der Waals surface area contributed by atoms with Gasteiger partial charge in [-0.1, -0.05) is 30.3 Å². The third kappa shape index (κ3) is 4.44. The van der Waals surface area contributed by atoms with Crippen LogP contribution >= 0.6 is 0 Å². The molecule has 0 saturated heterocycles. The molecule has 2 heterocycles. The largest absolute Gasteiger partial charge is 0.497 e. The predicted molar refractivity (Wildman–Crippen MR) is 134 cm³/mol. The third-order valence-electron chi connectivity index (χ3n) is 5.95. The molecule has 5 aromatic rings. The summed E-state index contributed by atoms with van der Waals surface area (Å²) in [5.41, 5.74) is 3.71. The first kappa shape index (κ1) is 22.2. The van der Waals surface area contributed by atoms with Gasteiger partial charge in [-0.25, -0.2) is 9.48 Å². The Morgan fingerprint density at radius 1 is 0.971 bits per heavy atom. The highest BCUT2D eigenvalue weighted by Gasteiger charge is 2.18. The van der Waals surface area contributed by atoms with Gasteiger partial charge in [-0.05, 0) is 72.3 Å². The Labute approximate surface area is 201 Å². The summed E-state index contributed by atoms with van der Waals surface area (Å²) in [6, 6.07) is 22.3. The smallest absolute Gasteiger partial charge is 0.347 e. The average molecular weight is 466 g/mol. The van der Waals surface area contributed by atoms with Crippen molar-refractivity contribution in [3.8, 4) is 17.2 Å². The molecule has 0 atom stereocenters. The van der Waals surface area contributed by atoms with Crippen LogP contribution in [-0.4, -0.2) is 27.8 Å². The van der Waals surface area contributed by atoms with Crippen LogP contribution in [0.5, 0.6) is 11.5 Å². The van der Waals surface area contributed by atoms with Crippen molar-refractivity contribution < 1.29 is 14.3 Å². The van der Waals surface area contributed by atoms with Gasteiger partial charge in [0.1, 0.15) is 17.1 Å². The number of nitrogens with one attached hydrogen (secondary N) is 1. The van der Waals surface area contributed by atoms with E-state index in [9.17, 15) is 9.59 Å². The molecule has 0 fully saturated rings. The van der Waals surface area contributed by atoms with E-state index in [0.717, 1.165) is 28.0 Å². The number of carbonyl (C=O) groups excluding carboxylic acids is 1. The van der Waals surface area contributed by atoms with E-state index in [2.05, 4.69) is 10.1 Å². The summed E-state index contributed by atoms with van der Waals surface area (Å²) in [6.45, 7) is 1.82. The molecule has 0 bridgehead atoms. The number of H-pyrrole nitrogens is 1. The van der Waals surface area contributed by atoms with Crippen LogP contribution in [0.25, 0.3) is 16.5 Å². The number of benzene rings is 3. The molecule has 0 unspecified atom stereocenters. The molecule has 5 rings (SSSR count). The third-order valence-corrected chi connectivity index (χ3v) is 5.95. The maximum Gasteiger partial charge on any atom is 0.347 e. The number of aromatic nitrogens is 3. The maximum atomic E-state index is 12.9. The van der Waals surface area contributed by atoms with Crippen LogP contribution in [0.2, 0.25) is 0 Å². The number of hydrogen-bond donors (Lipinski definition) is 1. The first-order valence-corrected chi connectivity index (χ1v) is 11.1. The highest BCUT2D eigenvalue weighted by Crippen LogP contribution is 2.23. The van der Waals surface area contributed by atoms with Crippen LogP contribution in [0.3, 0.4) is 0 Å². The van der Waals surface area contributed by atoms with Crippen molar-refractivity contribution in [3.05, 3.63) is 118 Å². The van der Waals surface area contributed by atoms with E-state index in [0.29, 0.717) is 28.8 Å². The Morgan fingerprint density at radius 2 is 1.74 bits per heavy atom. The summed E-state index contributed by atoms with van der Waals surface area (Å²) in [5.74, 6) is 0.708. The van der Waals surface area contributed by atoms with Gasteiger partial charge >= 0.3 is 5.97 Å². The van der Waals surface area contributed by atoms with Crippen molar-refractivity contribution in [2.45, 2.75) is 13.3 Å². The fourth-order valence-corrected chi connectivity index (χ4v) is 4.11. The lowest BCUT2D eigenvalue weighted by Gasteiger charge is -2.09. The highest BCUT2D eigenvalue weighted by atomic mass is 16.5. The quantitative estimate of drug-likeness (QED) is 0.286. The summed E-state index contributed by atoms with van der Waals surface area (Å²) in [6.07, 6.45) is 3.83. The lowest BCUT2D eigenvalue weighted by Crippen LogP contribution is -2.10. The molecule has 0 spiro atoms. The number of nitrogens with zero attached hydrogens (tertiary/aromatic N) is 2. The zero-order chi connectivity index (χ0) is 24.4. The Kier molecular flexibility index (Phi) is 5.89. The number of ether oxygens (including phenoxy) is 2. The molecule has 7 nitrogen and oxygen atoms in total. The lowest BCUT2D eigenvalue weighted by atomic mass is 10.0. The monoisotopic (exact) mass is 465 g/mol. The van der Waals surface area contributed by atoms with Gasteiger partial charge in [0.15, 0.2) is 0 Å². The molecular formula is C28H23N3O4. The standard InChI is InChI=1S/C28H23N3O4/c1-18-26(17-30-31(18)21-10-12-22(34-2)13-11-21)28(33)35-23-7-5-6-19(15-23)14-20-16-29-27(32)25-9-4-3-8-24(20)25/h3-13,15-17H,14H2,1-2H3,(H,29,32). The molecule has 35 heavy (non-hydrogen) atoms. The SMILES string of the molecule is COc1ccc(-n2ncc(C(=O)Oc3cccc(Cc4c[nH]c(=O)c5ccccc45)c3)c2C)cc1. The highest BCUT2D eigenvalue weighted by molar-refractivity contribution is 5.92. The number of fused-ring (bicyclic) bond motifs is 1. The molecule has 2 aromatic heterocycles. The van der Waals surface area contributed by atoms with E-state index in [1.807, 2.05) is 73.7 Å². The molecule has 0 aliphatic carbocycles. The Hall–Kier alpha value is -4.65. The van der Waals surface area contributed by atoms with Gasteiger partial charge in [-0.2, -0.15) is 5.10 Å². The lowest BCUT2D eigenvalue weighted by molar-refractivity contribution is 0.0734. The Balaban J connectivity index is 1.36. The Bertz CT molecular complexity index is 1580. The van der Waals surface area contributed by atoms with E-state index in [4.69, 9.17) is 9.47 Å². The van der Waals surface area contributed by atoms with Gasteiger partial charge in [0.25, 0.3) is 5.56 Å². The minimum absolute atomic E-state index is 0.113. The zero-order valence-corrected chi connectivity index (χ0v) is 19.3. The van der Waals surface area contributed by atoms with E-state index < -0.39 is 5.97 Å². The number of methoxy groups -OCH3 is 1. The minimum atomic E-state index is -0.478. The van der Waals surface area contributed by atoms with Crippen LogP contribution in [-0.2, 0) is 6.42 Å². The molecule has 0 radical (unpaired) electrons. The molecule has 3 aromatic carbocycles. The first-order chi connectivity index (χ1) is 17.0. The number of rotatable bonds is 6. The molecule has 0 saturated carbocycles. The first-order valence-electron chi connectivity index (χ1n) is 11.1. The van der Waals surface area contributed by atoms with Gasteiger partial charge in [0.05, 0.1) is 24.7 Å². The fraction of sp³-hybridized carbons (Fsp3) is 0.107. The van der Waals surface area contributed by atoms with Crippen molar-refractivity contribution in [1.82, 2.24) is 14.8 Å². The normalized spacial score (nSPS) is 10.9. The number of carbonyl (C=O) groups is 1. The van der Waals surface area contributed by atoms with Crippen molar-refractivity contribution in [3.63, 3.8) is 0 Å². The van der Waals surface area contributed by atoms with Gasteiger partial charge in [-0.15, -0.1) is 0 Å². The molecule has 0 aliphatic heterocycles. The molecule has 0 amide bonds. The van der Waals surface area contributed by atoms with E-state index in [-0.39, 0.29) is 5.56 Å². The summed E-state index contributed by atoms with van der Waals surface area (Å²) < 4.78 is 12.6. The number of hydrogen-bond acceptors (Lipinski definition) is 5. The molecule has 0 aliphatic rings. The van der Waals surface area contributed by atoms with E-state index in [1.54, 1.807) is 24.1 Å². The van der Waals surface area contributed by atoms with Crippen molar-refractivity contribution in [2.75, 3.05) is 7.11 Å². The fourth-order valence-electron chi connectivity index (χ4n) is 4.11. The molecular weight excluding hydrogens is 442 g/mol. The van der Waals surface area contributed by atoms with Gasteiger partial charge in [-0.3, -0.25) is 4.79 Å². The maximum absolute atomic E-state index is 12.9.